The number of anilines is 1. The topological polar surface area (TPSA) is 30.5 Å². The molecule has 0 radical (unpaired) electrons. The van der Waals surface area contributed by atoms with Gasteiger partial charge in [0, 0.05) is 6.07 Å². The molecule has 2 aromatic carbocycles. The number of nitrogens with one attached hydrogen (secondary N) is 1. The van der Waals surface area contributed by atoms with Crippen molar-refractivity contribution in [2.75, 3.05) is 19.0 Å². The number of rotatable bonds is 2. The first-order valence-electron chi connectivity index (χ1n) is 6.21. The highest BCUT2D eigenvalue weighted by atomic mass is 19.1. The molecule has 1 N–H and O–H groups in total. The monoisotopic (exact) mass is 277 g/mol. The molecule has 1 atom stereocenters. The summed E-state index contributed by atoms with van der Waals surface area (Å²) in [5.74, 6) is -0.202. The van der Waals surface area contributed by atoms with Crippen LogP contribution in [-0.4, -0.2) is 13.7 Å². The fraction of sp³-hybridized carbons (Fsp3) is 0.200. The normalized spacial score (nSPS) is 16.9. The Bertz CT molecular complexity index is 646. The van der Waals surface area contributed by atoms with Gasteiger partial charge in [0.25, 0.3) is 0 Å². The van der Waals surface area contributed by atoms with Crippen molar-refractivity contribution in [1.82, 2.24) is 0 Å². The summed E-state index contributed by atoms with van der Waals surface area (Å²) in [6, 6.07) is 8.95. The largest absolute Gasteiger partial charge is 0.494 e. The van der Waals surface area contributed by atoms with Crippen LogP contribution in [0.3, 0.4) is 0 Å². The van der Waals surface area contributed by atoms with Crippen molar-refractivity contribution in [2.45, 2.75) is 6.10 Å². The smallest absolute Gasteiger partial charge is 0.165 e. The second-order valence-electron chi connectivity index (χ2n) is 4.52. The molecule has 2 aromatic rings. The van der Waals surface area contributed by atoms with Crippen LogP contribution in [0.5, 0.6) is 11.5 Å². The van der Waals surface area contributed by atoms with E-state index in [0.717, 1.165) is 5.69 Å². The molecule has 0 amide bonds. The van der Waals surface area contributed by atoms with Crippen LogP contribution in [0.4, 0.5) is 14.5 Å². The minimum atomic E-state index is -0.446. The van der Waals surface area contributed by atoms with Gasteiger partial charge >= 0.3 is 0 Å². The highest BCUT2D eigenvalue weighted by Crippen LogP contribution is 2.35. The Labute approximate surface area is 115 Å². The predicted octanol–water partition coefficient (Wildman–Crippen LogP) is 3.52. The van der Waals surface area contributed by atoms with Gasteiger partial charge in [0.1, 0.15) is 17.7 Å². The molecule has 0 bridgehead atoms. The summed E-state index contributed by atoms with van der Waals surface area (Å²) < 4.78 is 37.5. The zero-order chi connectivity index (χ0) is 14.1. The average molecular weight is 277 g/mol. The Hall–Kier alpha value is -2.30. The lowest BCUT2D eigenvalue weighted by atomic mass is 10.1. The molecule has 104 valence electrons. The van der Waals surface area contributed by atoms with Crippen molar-refractivity contribution in [1.29, 1.82) is 0 Å². The standard InChI is InChI=1S/C15H13F2NO2/c1-19-13-5-2-9(6-11(13)17)15-8-18-12-4-3-10(16)7-14(12)20-15/h2-7,15,18H,8H2,1H3. The first kappa shape index (κ1) is 12.7. The van der Waals surface area contributed by atoms with Gasteiger partial charge in [-0.15, -0.1) is 0 Å². The van der Waals surface area contributed by atoms with Crippen LogP contribution in [0, 0.1) is 11.6 Å². The lowest BCUT2D eigenvalue weighted by Gasteiger charge is -2.27. The van der Waals surface area contributed by atoms with Crippen LogP contribution < -0.4 is 14.8 Å². The van der Waals surface area contributed by atoms with Gasteiger partial charge in [0.15, 0.2) is 11.6 Å². The molecule has 1 unspecified atom stereocenters. The summed E-state index contributed by atoms with van der Waals surface area (Å²) in [5.41, 5.74) is 1.40. The molecule has 0 fully saturated rings. The molecule has 0 spiro atoms. The van der Waals surface area contributed by atoms with E-state index in [2.05, 4.69) is 5.32 Å². The summed E-state index contributed by atoms with van der Waals surface area (Å²) in [4.78, 5) is 0. The molecule has 5 heteroatoms. The third kappa shape index (κ3) is 2.27. The van der Waals surface area contributed by atoms with E-state index >= 15 is 0 Å². The van der Waals surface area contributed by atoms with Crippen LogP contribution in [0.1, 0.15) is 11.7 Å². The summed E-state index contributed by atoms with van der Waals surface area (Å²) in [5, 5.41) is 3.14. The van der Waals surface area contributed by atoms with E-state index in [1.807, 2.05) is 0 Å². The van der Waals surface area contributed by atoms with E-state index in [0.29, 0.717) is 17.9 Å². The minimum absolute atomic E-state index is 0.184. The Balaban J connectivity index is 1.88. The molecule has 3 rings (SSSR count). The Kier molecular flexibility index (Phi) is 3.18. The average Bonchev–Trinajstić information content (AvgIpc) is 2.46. The molecule has 0 aliphatic carbocycles. The quantitative estimate of drug-likeness (QED) is 0.911. The summed E-state index contributed by atoms with van der Waals surface area (Å²) in [6.45, 7) is 0.490. The number of hydrogen-bond acceptors (Lipinski definition) is 3. The van der Waals surface area contributed by atoms with Gasteiger partial charge < -0.3 is 14.8 Å². The van der Waals surface area contributed by atoms with Gasteiger partial charge in [0.05, 0.1) is 19.3 Å². The van der Waals surface area contributed by atoms with Gasteiger partial charge in [0.2, 0.25) is 0 Å². The van der Waals surface area contributed by atoms with Gasteiger partial charge in [-0.25, -0.2) is 8.78 Å². The van der Waals surface area contributed by atoms with Crippen LogP contribution in [0.15, 0.2) is 36.4 Å². The molecular weight excluding hydrogens is 264 g/mol. The maximum Gasteiger partial charge on any atom is 0.165 e. The molecule has 3 nitrogen and oxygen atoms in total. The fourth-order valence-electron chi connectivity index (χ4n) is 2.21. The predicted molar refractivity (Wildman–Crippen MR) is 71.2 cm³/mol. The fourth-order valence-corrected chi connectivity index (χ4v) is 2.21. The van der Waals surface area contributed by atoms with Crippen molar-refractivity contribution in [3.05, 3.63) is 53.6 Å². The number of halogens is 2. The highest BCUT2D eigenvalue weighted by molar-refractivity contribution is 5.58. The first-order valence-corrected chi connectivity index (χ1v) is 6.21. The highest BCUT2D eigenvalue weighted by Gasteiger charge is 2.22. The van der Waals surface area contributed by atoms with E-state index in [9.17, 15) is 8.78 Å². The van der Waals surface area contributed by atoms with Gasteiger partial charge in [-0.1, -0.05) is 6.07 Å². The lowest BCUT2D eigenvalue weighted by Crippen LogP contribution is -2.23. The molecule has 1 heterocycles. The molecule has 1 aliphatic rings. The molecule has 20 heavy (non-hydrogen) atoms. The summed E-state index contributed by atoms with van der Waals surface area (Å²) in [7, 11) is 1.41. The number of fused-ring (bicyclic) bond motifs is 1. The minimum Gasteiger partial charge on any atom is -0.494 e. The molecular formula is C15H13F2NO2. The second-order valence-corrected chi connectivity index (χ2v) is 4.52. The summed E-state index contributed by atoms with van der Waals surface area (Å²) in [6.07, 6.45) is -0.371. The molecule has 0 saturated carbocycles. The van der Waals surface area contributed by atoms with Crippen molar-refractivity contribution in [3.63, 3.8) is 0 Å². The van der Waals surface area contributed by atoms with E-state index in [-0.39, 0.29) is 17.7 Å². The van der Waals surface area contributed by atoms with Crippen LogP contribution in [-0.2, 0) is 0 Å². The molecule has 0 saturated heterocycles. The van der Waals surface area contributed by atoms with Crippen LogP contribution in [0.25, 0.3) is 0 Å². The number of ether oxygens (including phenoxy) is 2. The third-order valence-corrected chi connectivity index (χ3v) is 3.24. The zero-order valence-corrected chi connectivity index (χ0v) is 10.8. The van der Waals surface area contributed by atoms with Crippen molar-refractivity contribution in [3.8, 4) is 11.5 Å². The number of methoxy groups -OCH3 is 1. The number of benzene rings is 2. The maximum atomic E-state index is 13.7. The molecule has 1 aliphatic heterocycles. The van der Waals surface area contributed by atoms with Gasteiger partial charge in [-0.3, -0.25) is 0 Å². The Morgan fingerprint density at radius 3 is 2.80 bits per heavy atom. The van der Waals surface area contributed by atoms with Gasteiger partial charge in [-0.2, -0.15) is 0 Å². The third-order valence-electron chi connectivity index (χ3n) is 3.24. The van der Waals surface area contributed by atoms with E-state index in [4.69, 9.17) is 9.47 Å². The Morgan fingerprint density at radius 1 is 1.20 bits per heavy atom. The van der Waals surface area contributed by atoms with E-state index < -0.39 is 5.82 Å². The van der Waals surface area contributed by atoms with E-state index in [1.165, 1.54) is 25.3 Å². The van der Waals surface area contributed by atoms with Crippen molar-refractivity contribution in [2.24, 2.45) is 0 Å². The van der Waals surface area contributed by atoms with E-state index in [1.54, 1.807) is 18.2 Å². The SMILES string of the molecule is COc1ccc(C2CNc3ccc(F)cc3O2)cc1F. The van der Waals surface area contributed by atoms with Crippen LogP contribution >= 0.6 is 0 Å². The summed E-state index contributed by atoms with van der Waals surface area (Å²) >= 11 is 0. The van der Waals surface area contributed by atoms with Gasteiger partial charge in [-0.05, 0) is 29.8 Å². The lowest BCUT2D eigenvalue weighted by molar-refractivity contribution is 0.209. The van der Waals surface area contributed by atoms with Crippen molar-refractivity contribution >= 4 is 5.69 Å². The maximum absolute atomic E-state index is 13.7. The molecule has 0 aromatic heterocycles. The first-order chi connectivity index (χ1) is 9.67. The van der Waals surface area contributed by atoms with Crippen LogP contribution in [0.2, 0.25) is 0 Å². The van der Waals surface area contributed by atoms with Crippen molar-refractivity contribution < 1.29 is 18.3 Å². The Morgan fingerprint density at radius 2 is 2.05 bits per heavy atom. The number of hydrogen-bond donors (Lipinski definition) is 1. The second kappa shape index (κ2) is 5.00. The zero-order valence-electron chi connectivity index (χ0n) is 10.8.